The number of nitrogens with zero attached hydrogens (tertiary/aromatic N) is 6. The number of nitrogens with one attached hydrogen (secondary N) is 2. The van der Waals surface area contributed by atoms with Crippen molar-refractivity contribution in [1.82, 2.24) is 40.4 Å². The summed E-state index contributed by atoms with van der Waals surface area (Å²) in [5.74, 6) is -0.837. The van der Waals surface area contributed by atoms with Crippen molar-refractivity contribution in [2.75, 3.05) is 64.1 Å². The molecule has 0 aliphatic carbocycles. The van der Waals surface area contributed by atoms with E-state index in [1.807, 2.05) is 39.8 Å². The number of hydrogen-bond donors (Lipinski definition) is 4. The minimum atomic E-state index is -0.714. The first-order chi connectivity index (χ1) is 41.1. The minimum Gasteiger partial charge on any atom is -0.458 e. The fourth-order valence-electron chi connectivity index (χ4n) is 8.80. The number of hydrogen-bond acceptors (Lipinski definition) is 16. The second-order valence-corrected chi connectivity index (χ2v) is 22.5. The fourth-order valence-corrected chi connectivity index (χ4v) is 9.65. The summed E-state index contributed by atoms with van der Waals surface area (Å²) in [6.07, 6.45) is 12.1. The molecule has 0 bridgehead atoms. The van der Waals surface area contributed by atoms with Crippen molar-refractivity contribution in [2.45, 2.75) is 52.0 Å². The van der Waals surface area contributed by atoms with E-state index in [0.717, 1.165) is 22.0 Å². The van der Waals surface area contributed by atoms with Gasteiger partial charge in [0.15, 0.2) is 34.2 Å². The first kappa shape index (κ1) is 62.4. The van der Waals surface area contributed by atoms with E-state index < -0.39 is 35.9 Å². The number of pyridine rings is 4. The average molecular weight is 1280 g/mol. The molecule has 26 heteroatoms. The van der Waals surface area contributed by atoms with Crippen molar-refractivity contribution in [3.8, 4) is 11.1 Å². The first-order valence-corrected chi connectivity index (χ1v) is 28.5. The Balaban J connectivity index is 0.000000166. The average Bonchev–Trinajstić information content (AvgIpc) is 4.38. The summed E-state index contributed by atoms with van der Waals surface area (Å²) in [5.41, 5.74) is 14.3. The van der Waals surface area contributed by atoms with Crippen molar-refractivity contribution in [3.05, 3.63) is 170 Å². The SMILES string of the molecule is CC1(C)OB(c2cc(Cl)c3oc(CNC(=O)/C=C/c4ccc(N)nc4)cc3c2)OC1(C)C.Nc1ccc(/C=C/C(=O)NCc2cc3cc(-c4cnc(C(=O)N5CCOCC5)c(F)c4)cc(Cl)c3o2)cn1.O=C(c1ncc(Br)cc1F)N1CCOCC1. The molecule has 6 N–H and O–H groups in total. The summed E-state index contributed by atoms with van der Waals surface area (Å²) in [4.78, 5) is 67.8. The number of carbonyl (C=O) groups is 4. The van der Waals surface area contributed by atoms with Gasteiger partial charge in [0.25, 0.3) is 11.8 Å². The third-order valence-corrected chi connectivity index (χ3v) is 15.1. The number of fused-ring (bicyclic) bond motifs is 2. The maximum atomic E-state index is 14.9. The number of amides is 4. The van der Waals surface area contributed by atoms with Gasteiger partial charge < -0.3 is 59.5 Å². The Labute approximate surface area is 511 Å². The highest BCUT2D eigenvalue weighted by Gasteiger charge is 2.52. The molecule has 2 aromatic carbocycles. The van der Waals surface area contributed by atoms with Gasteiger partial charge in [-0.15, -0.1) is 0 Å². The van der Waals surface area contributed by atoms with Crippen LogP contribution in [-0.2, 0) is 41.5 Å². The highest BCUT2D eigenvalue weighted by atomic mass is 79.9. The quantitative estimate of drug-likeness (QED) is 0.0656. The van der Waals surface area contributed by atoms with Crippen molar-refractivity contribution in [3.63, 3.8) is 0 Å². The number of nitrogen functional groups attached to an aromatic ring is 2. The number of benzene rings is 2. The number of nitrogens with two attached hydrogens (primary N) is 2. The molecule has 9 heterocycles. The van der Waals surface area contributed by atoms with Crippen molar-refractivity contribution in [2.24, 2.45) is 0 Å². The minimum absolute atomic E-state index is 0.134. The second-order valence-electron chi connectivity index (χ2n) is 20.8. The first-order valence-electron chi connectivity index (χ1n) is 26.9. The van der Waals surface area contributed by atoms with E-state index in [1.165, 1.54) is 41.6 Å². The highest BCUT2D eigenvalue weighted by molar-refractivity contribution is 9.10. The Morgan fingerprint density at radius 2 is 1.08 bits per heavy atom. The van der Waals surface area contributed by atoms with Gasteiger partial charge in [-0.05, 0) is 145 Å². The summed E-state index contributed by atoms with van der Waals surface area (Å²) >= 11 is 16.0. The van der Waals surface area contributed by atoms with Crippen LogP contribution in [0.1, 0.15) is 71.3 Å². The van der Waals surface area contributed by atoms with E-state index in [1.54, 1.807) is 78.0 Å². The molecule has 3 aliphatic rings. The number of furan rings is 2. The Morgan fingerprint density at radius 1 is 0.616 bits per heavy atom. The summed E-state index contributed by atoms with van der Waals surface area (Å²) < 4.78 is 63.1. The highest BCUT2D eigenvalue weighted by Crippen LogP contribution is 2.38. The number of morpholine rings is 2. The molecule has 0 spiro atoms. The Bertz CT molecular complexity index is 3840. The van der Waals surface area contributed by atoms with Crippen molar-refractivity contribution < 1.29 is 55.6 Å². The van der Waals surface area contributed by atoms with Crippen LogP contribution >= 0.6 is 39.1 Å². The van der Waals surface area contributed by atoms with Gasteiger partial charge in [-0.3, -0.25) is 19.2 Å². The summed E-state index contributed by atoms with van der Waals surface area (Å²) in [6.45, 7) is 11.9. The second kappa shape index (κ2) is 27.5. The molecule has 0 radical (unpaired) electrons. The normalized spacial score (nSPS) is 15.6. The molecular formula is C60H58BBrCl2F2N10O10. The smallest absolute Gasteiger partial charge is 0.458 e. The molecule has 3 fully saturated rings. The van der Waals surface area contributed by atoms with Gasteiger partial charge in [0.05, 0.1) is 60.8 Å². The van der Waals surface area contributed by atoms with E-state index in [4.69, 9.17) is 62.3 Å². The molecular weight excluding hydrogens is 1220 g/mol. The zero-order valence-corrected chi connectivity index (χ0v) is 50.1. The molecule has 6 aromatic heterocycles. The van der Waals surface area contributed by atoms with Crippen LogP contribution in [0.15, 0.2) is 123 Å². The summed E-state index contributed by atoms with van der Waals surface area (Å²) in [6, 6.07) is 20.1. The van der Waals surface area contributed by atoms with Crippen LogP contribution in [0.25, 0.3) is 45.2 Å². The van der Waals surface area contributed by atoms with Gasteiger partial charge in [-0.1, -0.05) is 29.3 Å². The number of aromatic nitrogens is 4. The lowest BCUT2D eigenvalue weighted by Gasteiger charge is -2.32. The zero-order chi connectivity index (χ0) is 61.3. The van der Waals surface area contributed by atoms with Gasteiger partial charge >= 0.3 is 7.12 Å². The van der Waals surface area contributed by atoms with Gasteiger partial charge in [-0.25, -0.2) is 28.7 Å². The van der Waals surface area contributed by atoms with E-state index in [2.05, 4.69) is 46.5 Å². The van der Waals surface area contributed by atoms with Crippen LogP contribution in [0.2, 0.25) is 10.0 Å². The number of ether oxygens (including phenoxy) is 2. The van der Waals surface area contributed by atoms with Crippen LogP contribution < -0.4 is 27.6 Å². The topological polar surface area (TPSA) is 266 Å². The number of halogens is 5. The van der Waals surface area contributed by atoms with Crippen molar-refractivity contribution in [1.29, 1.82) is 0 Å². The molecule has 3 saturated heterocycles. The predicted molar refractivity (Wildman–Crippen MR) is 326 cm³/mol. The molecule has 4 amide bonds. The van der Waals surface area contributed by atoms with Crippen LogP contribution in [-0.4, -0.2) is 124 Å². The number of rotatable bonds is 12. The molecule has 11 rings (SSSR count). The lowest BCUT2D eigenvalue weighted by Crippen LogP contribution is -2.41. The van der Waals surface area contributed by atoms with Crippen LogP contribution in [0.5, 0.6) is 0 Å². The molecule has 0 atom stereocenters. The molecule has 86 heavy (non-hydrogen) atoms. The monoisotopic (exact) mass is 1280 g/mol. The fraction of sp³-hybridized carbons (Fsp3) is 0.267. The van der Waals surface area contributed by atoms with Crippen molar-refractivity contribution >= 4 is 121 Å². The van der Waals surface area contributed by atoms with Gasteiger partial charge in [-0.2, -0.15) is 0 Å². The molecule has 0 saturated carbocycles. The predicted octanol–water partition coefficient (Wildman–Crippen LogP) is 9.21. The Hall–Kier alpha value is -8.10. The zero-order valence-electron chi connectivity index (χ0n) is 47.0. The number of anilines is 2. The maximum absolute atomic E-state index is 14.9. The Kier molecular flexibility index (Phi) is 20.0. The summed E-state index contributed by atoms with van der Waals surface area (Å²) in [7, 11) is -0.520. The van der Waals surface area contributed by atoms with E-state index >= 15 is 0 Å². The van der Waals surface area contributed by atoms with E-state index in [9.17, 15) is 28.0 Å². The van der Waals surface area contributed by atoms with Crippen LogP contribution in [0, 0.1) is 11.6 Å². The third-order valence-electron chi connectivity index (χ3n) is 14.1. The number of carbonyl (C=O) groups excluding carboxylic acids is 4. The molecule has 8 aromatic rings. The molecule has 446 valence electrons. The van der Waals surface area contributed by atoms with E-state index in [-0.39, 0.29) is 42.2 Å². The van der Waals surface area contributed by atoms with E-state index in [0.29, 0.717) is 118 Å². The van der Waals surface area contributed by atoms with Gasteiger partial charge in [0, 0.05) is 83.9 Å². The Morgan fingerprint density at radius 3 is 1.55 bits per heavy atom. The van der Waals surface area contributed by atoms with Gasteiger partial charge in [0.2, 0.25) is 11.8 Å². The maximum Gasteiger partial charge on any atom is 0.494 e. The standard InChI is InChI=1S/C27H23ClFN5O4.C23H25BClN3O4.C10H10BrFN2O2/c28-21-11-17(19-12-22(29)25(33-14-19)27(36)34-5-7-37-8-6-34)9-18-10-20(38-26(18)21)15-32-24(35)4-2-16-1-3-23(30)31-13-16;1-22(2)23(3,4)32-24(31-22)16-9-15-10-17(30-21(15)18(25)11-16)13-28-20(29)8-6-14-5-7-19(26)27-12-14;11-7-5-8(12)9(13-6-7)10(15)14-1-3-16-4-2-14/h1-4,9-14H,5-8,15H2,(H2,30,31)(H,32,35);5-12H,13H2,1-4H3,(H2,26,27)(H,28,29);5-6H,1-4H2/b4-2+;8-6+;. The molecule has 0 unspecified atom stereocenters. The summed E-state index contributed by atoms with van der Waals surface area (Å²) in [5, 5.41) is 7.81. The lowest BCUT2D eigenvalue weighted by atomic mass is 9.78. The lowest BCUT2D eigenvalue weighted by molar-refractivity contribution is -0.117. The third kappa shape index (κ3) is 15.7. The molecule has 20 nitrogen and oxygen atoms in total. The molecule has 3 aliphatic heterocycles. The van der Waals surface area contributed by atoms with Gasteiger partial charge in [0.1, 0.15) is 23.2 Å². The van der Waals surface area contributed by atoms with Crippen LogP contribution in [0.3, 0.4) is 0 Å². The van der Waals surface area contributed by atoms with Crippen LogP contribution in [0.4, 0.5) is 20.4 Å². The largest absolute Gasteiger partial charge is 0.494 e.